The third-order valence-corrected chi connectivity index (χ3v) is 1.35. The molecule has 2 aromatic heterocycles. The van der Waals surface area contributed by atoms with Crippen molar-refractivity contribution < 1.29 is 0 Å². The van der Waals surface area contributed by atoms with Crippen LogP contribution in [0.1, 0.15) is 0 Å². The summed E-state index contributed by atoms with van der Waals surface area (Å²) in [6, 6.07) is 3.74. The van der Waals surface area contributed by atoms with E-state index in [1.807, 2.05) is 12.1 Å². The Balaban J connectivity index is 0.000000720. The second-order valence-corrected chi connectivity index (χ2v) is 2.05. The number of hydrogen-bond acceptors (Lipinski definition) is 3. The van der Waals surface area contributed by atoms with E-state index in [1.165, 1.54) is 6.33 Å². The molecule has 2 rings (SSSR count). The zero-order chi connectivity index (χ0) is 7.52. The van der Waals surface area contributed by atoms with Crippen molar-refractivity contribution in [3.05, 3.63) is 37.2 Å². The molecule has 0 aromatic carbocycles. The smallest absolute Gasteiger partial charge is 0.138 e. The van der Waals surface area contributed by atoms with Crippen molar-refractivity contribution in [1.82, 2.24) is 19.7 Å². The minimum Gasteiger partial charge on any atom is -0.265 e. The molecule has 0 spiro atoms. The molecule has 0 bridgehead atoms. The monoisotopic (exact) mass is 218 g/mol. The maximum absolute atomic E-state index is 3.96. The van der Waals surface area contributed by atoms with Gasteiger partial charge in [-0.25, -0.2) is 9.67 Å². The Hall–Kier alpha value is -1.13. The van der Waals surface area contributed by atoms with Crippen LogP contribution in [0.25, 0.3) is 5.69 Å². The van der Waals surface area contributed by atoms with Crippen LogP contribution >= 0.6 is 24.8 Å². The van der Waals surface area contributed by atoms with Crippen molar-refractivity contribution >= 4 is 24.8 Å². The SMILES string of the molecule is Cl.Cl.c1cc(-n2cncn2)ccn1. The predicted molar refractivity (Wildman–Crippen MR) is 53.7 cm³/mol. The Morgan fingerprint density at radius 1 is 1.00 bits per heavy atom. The van der Waals surface area contributed by atoms with E-state index < -0.39 is 0 Å². The molecule has 0 N–H and O–H groups in total. The second kappa shape index (κ2) is 5.50. The lowest BCUT2D eigenvalue weighted by molar-refractivity contribution is 0.876. The zero-order valence-corrected chi connectivity index (χ0v) is 8.20. The maximum atomic E-state index is 3.96. The summed E-state index contributed by atoms with van der Waals surface area (Å²) in [6.07, 6.45) is 6.59. The second-order valence-electron chi connectivity index (χ2n) is 2.05. The highest BCUT2D eigenvalue weighted by molar-refractivity contribution is 5.85. The average molecular weight is 219 g/mol. The highest BCUT2D eigenvalue weighted by atomic mass is 35.5. The number of nitrogens with zero attached hydrogens (tertiary/aromatic N) is 4. The van der Waals surface area contributed by atoms with Gasteiger partial charge in [-0.1, -0.05) is 0 Å². The fourth-order valence-electron chi connectivity index (χ4n) is 0.838. The van der Waals surface area contributed by atoms with E-state index in [0.29, 0.717) is 0 Å². The van der Waals surface area contributed by atoms with Crippen molar-refractivity contribution in [3.8, 4) is 5.69 Å². The van der Waals surface area contributed by atoms with Gasteiger partial charge in [0.25, 0.3) is 0 Å². The molecule has 0 fully saturated rings. The molecular formula is C7H8Cl2N4. The quantitative estimate of drug-likeness (QED) is 0.729. The molecule has 0 aliphatic carbocycles. The van der Waals surface area contributed by atoms with E-state index in [9.17, 15) is 0 Å². The van der Waals surface area contributed by atoms with E-state index in [0.717, 1.165) is 5.69 Å². The van der Waals surface area contributed by atoms with Crippen molar-refractivity contribution in [1.29, 1.82) is 0 Å². The highest BCUT2D eigenvalue weighted by Gasteiger charge is 1.92. The van der Waals surface area contributed by atoms with Crippen LogP contribution in [0, 0.1) is 0 Å². The fourth-order valence-corrected chi connectivity index (χ4v) is 0.838. The lowest BCUT2D eigenvalue weighted by Gasteiger charge is -1.95. The summed E-state index contributed by atoms with van der Waals surface area (Å²) < 4.78 is 1.68. The highest BCUT2D eigenvalue weighted by Crippen LogP contribution is 2.00. The predicted octanol–water partition coefficient (Wildman–Crippen LogP) is 1.51. The Bertz CT molecular complexity index is 321. The molecule has 6 heteroatoms. The Morgan fingerprint density at radius 2 is 1.69 bits per heavy atom. The standard InChI is InChI=1S/C7H6N4.2ClH/c1-3-8-4-2-7(1)11-6-9-5-10-11;;/h1-6H;2*1H. The molecule has 0 saturated heterocycles. The molecular weight excluding hydrogens is 211 g/mol. The van der Waals surface area contributed by atoms with Crippen LogP contribution in [0.5, 0.6) is 0 Å². The Labute approximate surface area is 87.8 Å². The molecule has 13 heavy (non-hydrogen) atoms. The van der Waals surface area contributed by atoms with Gasteiger partial charge < -0.3 is 0 Å². The van der Waals surface area contributed by atoms with Crippen LogP contribution < -0.4 is 0 Å². The zero-order valence-electron chi connectivity index (χ0n) is 6.57. The summed E-state index contributed by atoms with van der Waals surface area (Å²) in [7, 11) is 0. The van der Waals surface area contributed by atoms with E-state index in [1.54, 1.807) is 23.4 Å². The van der Waals surface area contributed by atoms with E-state index in [2.05, 4.69) is 15.1 Å². The van der Waals surface area contributed by atoms with Crippen LogP contribution in [0.3, 0.4) is 0 Å². The van der Waals surface area contributed by atoms with Crippen LogP contribution in [0.2, 0.25) is 0 Å². The summed E-state index contributed by atoms with van der Waals surface area (Å²) in [4.78, 5) is 7.72. The van der Waals surface area contributed by atoms with Gasteiger partial charge in [0, 0.05) is 12.4 Å². The summed E-state index contributed by atoms with van der Waals surface area (Å²) in [6.45, 7) is 0. The molecule has 70 valence electrons. The first-order valence-electron chi connectivity index (χ1n) is 3.22. The van der Waals surface area contributed by atoms with Gasteiger partial charge in [0.15, 0.2) is 0 Å². The van der Waals surface area contributed by atoms with Gasteiger partial charge in [-0.05, 0) is 12.1 Å². The average Bonchev–Trinajstić information content (AvgIpc) is 2.58. The summed E-state index contributed by atoms with van der Waals surface area (Å²) >= 11 is 0. The number of rotatable bonds is 1. The number of halogens is 2. The molecule has 0 aliphatic rings. The summed E-state index contributed by atoms with van der Waals surface area (Å²) in [5.41, 5.74) is 0.970. The fraction of sp³-hybridized carbons (Fsp3) is 0. The lowest BCUT2D eigenvalue weighted by Crippen LogP contribution is -1.93. The van der Waals surface area contributed by atoms with Crippen molar-refractivity contribution in [2.75, 3.05) is 0 Å². The van der Waals surface area contributed by atoms with Gasteiger partial charge in [0.2, 0.25) is 0 Å². The van der Waals surface area contributed by atoms with Crippen LogP contribution in [0.15, 0.2) is 37.2 Å². The molecule has 0 radical (unpaired) electrons. The third kappa shape index (κ3) is 2.68. The van der Waals surface area contributed by atoms with Crippen molar-refractivity contribution in [2.24, 2.45) is 0 Å². The van der Waals surface area contributed by atoms with Gasteiger partial charge in [-0.2, -0.15) is 5.10 Å². The van der Waals surface area contributed by atoms with Gasteiger partial charge in [0.1, 0.15) is 12.7 Å². The molecule has 2 aromatic rings. The Morgan fingerprint density at radius 3 is 2.23 bits per heavy atom. The number of aromatic nitrogens is 4. The first-order chi connectivity index (χ1) is 5.47. The summed E-state index contributed by atoms with van der Waals surface area (Å²) in [5, 5.41) is 3.96. The van der Waals surface area contributed by atoms with E-state index in [4.69, 9.17) is 0 Å². The molecule has 4 nitrogen and oxygen atoms in total. The van der Waals surface area contributed by atoms with Crippen LogP contribution in [-0.4, -0.2) is 19.7 Å². The first-order valence-corrected chi connectivity index (χ1v) is 3.22. The minimum absolute atomic E-state index is 0. The van der Waals surface area contributed by atoms with Crippen LogP contribution in [-0.2, 0) is 0 Å². The molecule has 0 aliphatic heterocycles. The third-order valence-electron chi connectivity index (χ3n) is 1.35. The van der Waals surface area contributed by atoms with E-state index >= 15 is 0 Å². The molecule has 0 atom stereocenters. The molecule has 0 unspecified atom stereocenters. The van der Waals surface area contributed by atoms with Crippen molar-refractivity contribution in [2.45, 2.75) is 0 Å². The molecule has 0 amide bonds. The normalized spacial score (nSPS) is 8.31. The Kier molecular flexibility index (Phi) is 5.03. The van der Waals surface area contributed by atoms with Gasteiger partial charge >= 0.3 is 0 Å². The molecule has 2 heterocycles. The van der Waals surface area contributed by atoms with Crippen molar-refractivity contribution in [3.63, 3.8) is 0 Å². The largest absolute Gasteiger partial charge is 0.265 e. The van der Waals surface area contributed by atoms with Gasteiger partial charge in [-0.15, -0.1) is 24.8 Å². The topological polar surface area (TPSA) is 43.6 Å². The minimum atomic E-state index is 0. The van der Waals surface area contributed by atoms with E-state index in [-0.39, 0.29) is 24.8 Å². The van der Waals surface area contributed by atoms with Gasteiger partial charge in [-0.3, -0.25) is 4.98 Å². The first kappa shape index (κ1) is 11.9. The molecule has 0 saturated carbocycles. The van der Waals surface area contributed by atoms with Gasteiger partial charge in [0.05, 0.1) is 5.69 Å². The maximum Gasteiger partial charge on any atom is 0.138 e. The van der Waals surface area contributed by atoms with Crippen LogP contribution in [0.4, 0.5) is 0 Å². The number of pyridine rings is 1. The summed E-state index contributed by atoms with van der Waals surface area (Å²) in [5.74, 6) is 0. The lowest BCUT2D eigenvalue weighted by atomic mass is 10.4. The number of hydrogen-bond donors (Lipinski definition) is 0.